The normalized spacial score (nSPS) is 14.3. The summed E-state index contributed by atoms with van der Waals surface area (Å²) in [4.78, 5) is 21.2. The number of H-pyrrole nitrogens is 1. The van der Waals surface area contributed by atoms with E-state index in [1.807, 2.05) is 24.3 Å². The molecule has 1 fully saturated rings. The topological polar surface area (TPSA) is 96.5 Å². The van der Waals surface area contributed by atoms with Gasteiger partial charge in [0, 0.05) is 11.3 Å². The van der Waals surface area contributed by atoms with Crippen LogP contribution in [0.4, 0.5) is 10.1 Å². The first-order valence-electron chi connectivity index (χ1n) is 9.92. The predicted molar refractivity (Wildman–Crippen MR) is 110 cm³/mol. The number of benzene rings is 2. The van der Waals surface area contributed by atoms with Gasteiger partial charge >= 0.3 is 0 Å². The Bertz CT molecular complexity index is 1210. The van der Waals surface area contributed by atoms with Crippen molar-refractivity contribution in [3.63, 3.8) is 0 Å². The van der Waals surface area contributed by atoms with Crippen molar-refractivity contribution in [2.24, 2.45) is 0 Å². The molecular weight excluding hydrogens is 383 g/mol. The molecule has 2 aromatic heterocycles. The third-order valence-corrected chi connectivity index (χ3v) is 5.55. The number of hydrogen-bond donors (Lipinski definition) is 2. The molecule has 1 aliphatic rings. The monoisotopic (exact) mass is 402 g/mol. The zero-order valence-corrected chi connectivity index (χ0v) is 16.1. The second-order valence-electron chi connectivity index (χ2n) is 7.49. The molecule has 30 heavy (non-hydrogen) atoms. The lowest BCUT2D eigenvalue weighted by molar-refractivity contribution is 0.102. The lowest BCUT2D eigenvalue weighted by Gasteiger charge is -2.11. The van der Waals surface area contributed by atoms with E-state index in [2.05, 4.69) is 30.7 Å². The Labute approximate surface area is 171 Å². The van der Waals surface area contributed by atoms with Crippen molar-refractivity contribution >= 4 is 22.8 Å². The number of carbonyl (C=O) groups is 1. The van der Waals surface area contributed by atoms with Crippen molar-refractivity contribution in [2.75, 3.05) is 5.32 Å². The molecule has 2 N–H and O–H groups in total. The third kappa shape index (κ3) is 3.52. The number of aromatic amines is 1. The fraction of sp³-hybridized carbons (Fsp3) is 0.227. The van der Waals surface area contributed by atoms with Crippen molar-refractivity contribution in [1.82, 2.24) is 25.4 Å². The van der Waals surface area contributed by atoms with Gasteiger partial charge in [-0.25, -0.2) is 14.4 Å². The van der Waals surface area contributed by atoms with Gasteiger partial charge in [0.25, 0.3) is 5.91 Å². The third-order valence-electron chi connectivity index (χ3n) is 5.55. The van der Waals surface area contributed by atoms with Gasteiger partial charge in [-0.3, -0.25) is 9.89 Å². The number of hydrogen-bond acceptors (Lipinski definition) is 5. The number of rotatable bonds is 4. The molecule has 0 aliphatic heterocycles. The average Bonchev–Trinajstić information content (AvgIpc) is 3.46. The zero-order chi connectivity index (χ0) is 20.5. The van der Waals surface area contributed by atoms with Crippen LogP contribution in [0.1, 0.15) is 47.5 Å². The number of halogens is 1. The molecule has 1 saturated carbocycles. The highest BCUT2D eigenvalue weighted by atomic mass is 19.1. The lowest BCUT2D eigenvalue weighted by Crippen LogP contribution is -2.14. The second-order valence-corrected chi connectivity index (χ2v) is 7.49. The molecule has 0 unspecified atom stereocenters. The van der Waals surface area contributed by atoms with Gasteiger partial charge in [0.2, 0.25) is 5.65 Å². The molecule has 1 amide bonds. The van der Waals surface area contributed by atoms with Gasteiger partial charge in [-0.05, 0) is 54.7 Å². The van der Waals surface area contributed by atoms with Crippen LogP contribution < -0.4 is 5.32 Å². The largest absolute Gasteiger partial charge is 0.322 e. The quantitative estimate of drug-likeness (QED) is 0.525. The number of fused-ring (bicyclic) bond motifs is 1. The minimum Gasteiger partial charge on any atom is -0.322 e. The first kappa shape index (κ1) is 18.4. The van der Waals surface area contributed by atoms with E-state index in [0.717, 1.165) is 0 Å². The Morgan fingerprint density at radius 2 is 1.90 bits per heavy atom. The minimum absolute atomic E-state index is 0.0729. The number of nitrogens with one attached hydrogen (secondary N) is 2. The highest BCUT2D eigenvalue weighted by molar-refractivity contribution is 6.05. The van der Waals surface area contributed by atoms with Crippen LogP contribution in [0.2, 0.25) is 0 Å². The molecule has 1 aliphatic carbocycles. The Kier molecular flexibility index (Phi) is 4.66. The number of amides is 1. The lowest BCUT2D eigenvalue weighted by atomic mass is 9.97. The van der Waals surface area contributed by atoms with Crippen molar-refractivity contribution in [2.45, 2.75) is 31.6 Å². The van der Waals surface area contributed by atoms with Crippen molar-refractivity contribution in [1.29, 1.82) is 0 Å². The first-order valence-corrected chi connectivity index (χ1v) is 9.92. The maximum atomic E-state index is 14.4. The summed E-state index contributed by atoms with van der Waals surface area (Å²) in [7, 11) is 0. The molecule has 4 aromatic rings. The summed E-state index contributed by atoms with van der Waals surface area (Å²) in [6.07, 6.45) is 6.52. The number of carbonyl (C=O) groups excluding carboxylic acids is 1. The van der Waals surface area contributed by atoms with Gasteiger partial charge in [-0.15, -0.1) is 5.10 Å². The molecule has 7 nitrogen and oxygen atoms in total. The van der Waals surface area contributed by atoms with Crippen LogP contribution in [-0.2, 0) is 0 Å². The highest BCUT2D eigenvalue weighted by Gasteiger charge is 2.18. The van der Waals surface area contributed by atoms with Gasteiger partial charge < -0.3 is 5.32 Å². The molecule has 0 radical (unpaired) electrons. The highest BCUT2D eigenvalue weighted by Crippen LogP contribution is 2.34. The second kappa shape index (κ2) is 7.62. The van der Waals surface area contributed by atoms with Crippen molar-refractivity contribution in [3.8, 4) is 11.4 Å². The van der Waals surface area contributed by atoms with Crippen LogP contribution in [0.3, 0.4) is 0 Å². The standard InChI is InChI=1S/C22H19FN6O/c23-18-10-7-15(20-24-12-19-21(26-20)28-29-27-19)11-17(18)22(30)25-16-8-5-14(6-9-16)13-3-1-2-4-13/h5-13H,1-4H2,(H,25,30)(H,24,26,27,28,29). The summed E-state index contributed by atoms with van der Waals surface area (Å²) in [6.45, 7) is 0. The minimum atomic E-state index is -0.610. The SMILES string of the molecule is O=C(Nc1ccc(C2CCCC2)cc1)c1cc(-c2ncc3[nH]nnc3n2)ccc1F. The summed E-state index contributed by atoms with van der Waals surface area (Å²) in [5.41, 5.74) is 3.36. The van der Waals surface area contributed by atoms with E-state index < -0.39 is 11.7 Å². The number of nitrogens with zero attached hydrogens (tertiary/aromatic N) is 4. The zero-order valence-electron chi connectivity index (χ0n) is 16.1. The maximum Gasteiger partial charge on any atom is 0.258 e. The van der Waals surface area contributed by atoms with E-state index in [1.54, 1.807) is 6.20 Å². The van der Waals surface area contributed by atoms with Crippen LogP contribution >= 0.6 is 0 Å². The van der Waals surface area contributed by atoms with Crippen LogP contribution in [0.15, 0.2) is 48.7 Å². The molecule has 2 heterocycles. The van der Waals surface area contributed by atoms with E-state index in [4.69, 9.17) is 0 Å². The molecule has 0 spiro atoms. The van der Waals surface area contributed by atoms with E-state index in [-0.39, 0.29) is 5.56 Å². The molecule has 0 bridgehead atoms. The molecule has 2 aromatic carbocycles. The first-order chi connectivity index (χ1) is 14.7. The molecule has 5 rings (SSSR count). The molecule has 8 heteroatoms. The van der Waals surface area contributed by atoms with Crippen molar-refractivity contribution in [3.05, 3.63) is 65.6 Å². The average molecular weight is 402 g/mol. The number of aromatic nitrogens is 5. The Morgan fingerprint density at radius 3 is 2.70 bits per heavy atom. The molecule has 0 atom stereocenters. The van der Waals surface area contributed by atoms with Gasteiger partial charge in [0.15, 0.2) is 5.82 Å². The summed E-state index contributed by atoms with van der Waals surface area (Å²) in [5, 5.41) is 13.0. The molecular formula is C22H19FN6O. The summed E-state index contributed by atoms with van der Waals surface area (Å²) in [5.74, 6) is -0.191. The van der Waals surface area contributed by atoms with Crippen LogP contribution in [0, 0.1) is 5.82 Å². The number of anilines is 1. The Balaban J connectivity index is 1.37. The fourth-order valence-corrected chi connectivity index (χ4v) is 3.93. The Hall–Kier alpha value is -3.68. The van der Waals surface area contributed by atoms with E-state index in [9.17, 15) is 9.18 Å². The van der Waals surface area contributed by atoms with Gasteiger partial charge in [0.1, 0.15) is 11.3 Å². The van der Waals surface area contributed by atoms with Gasteiger partial charge in [-0.2, -0.15) is 0 Å². The summed E-state index contributed by atoms with van der Waals surface area (Å²) in [6, 6.07) is 12.0. The van der Waals surface area contributed by atoms with Crippen LogP contribution in [0.5, 0.6) is 0 Å². The van der Waals surface area contributed by atoms with E-state index in [1.165, 1.54) is 49.4 Å². The summed E-state index contributed by atoms with van der Waals surface area (Å²) < 4.78 is 14.4. The van der Waals surface area contributed by atoms with Gasteiger partial charge in [-0.1, -0.05) is 30.2 Å². The maximum absolute atomic E-state index is 14.4. The van der Waals surface area contributed by atoms with Crippen molar-refractivity contribution < 1.29 is 9.18 Å². The molecule has 0 saturated heterocycles. The van der Waals surface area contributed by atoms with E-state index in [0.29, 0.717) is 34.2 Å². The van der Waals surface area contributed by atoms with Gasteiger partial charge in [0.05, 0.1) is 11.8 Å². The van der Waals surface area contributed by atoms with Crippen LogP contribution in [0.25, 0.3) is 22.6 Å². The fourth-order valence-electron chi connectivity index (χ4n) is 3.93. The van der Waals surface area contributed by atoms with Crippen LogP contribution in [-0.4, -0.2) is 31.3 Å². The van der Waals surface area contributed by atoms with E-state index >= 15 is 0 Å². The summed E-state index contributed by atoms with van der Waals surface area (Å²) >= 11 is 0. The molecule has 150 valence electrons. The Morgan fingerprint density at radius 1 is 1.10 bits per heavy atom. The smallest absolute Gasteiger partial charge is 0.258 e. The predicted octanol–water partition coefficient (Wildman–Crippen LogP) is 4.46.